The van der Waals surface area contributed by atoms with Crippen LogP contribution in [0.3, 0.4) is 0 Å². The van der Waals surface area contributed by atoms with Gasteiger partial charge in [-0.2, -0.15) is 0 Å². The van der Waals surface area contributed by atoms with Crippen molar-refractivity contribution >= 4 is 28.5 Å². The first-order chi connectivity index (χ1) is 24.9. The third kappa shape index (κ3) is 7.06. The van der Waals surface area contributed by atoms with E-state index in [0.717, 1.165) is 16.7 Å². The lowest BCUT2D eigenvalue weighted by Crippen LogP contribution is -2.20. The minimum atomic E-state index is -0.940. The molecule has 1 aromatic heterocycles. The maximum atomic E-state index is 14.8. The molecule has 6 aromatic carbocycles. The van der Waals surface area contributed by atoms with Crippen LogP contribution in [0.5, 0.6) is 23.0 Å². The molecule has 0 bridgehead atoms. The SMILES string of the molecule is O=C(Oc1c(-c2ccc(Cl)cc2)oc2ccccc2c1=O)c1c(Cc2ccccc2)c(O)c(O)c(OCc2ccccc2)c1Cc1ccccc1. The second kappa shape index (κ2) is 14.7. The van der Waals surface area contributed by atoms with E-state index in [1.165, 1.54) is 0 Å². The summed E-state index contributed by atoms with van der Waals surface area (Å²) in [5.41, 5.74) is 2.92. The quantitative estimate of drug-likeness (QED) is 0.109. The third-order valence-electron chi connectivity index (χ3n) is 8.54. The Morgan fingerprint density at radius 2 is 1.18 bits per heavy atom. The minimum Gasteiger partial charge on any atom is -0.504 e. The van der Waals surface area contributed by atoms with Gasteiger partial charge in [0.1, 0.15) is 12.2 Å². The number of rotatable bonds is 10. The first-order valence-electron chi connectivity index (χ1n) is 16.3. The molecule has 0 aliphatic heterocycles. The third-order valence-corrected chi connectivity index (χ3v) is 8.79. The van der Waals surface area contributed by atoms with Crippen LogP contribution < -0.4 is 14.9 Å². The van der Waals surface area contributed by atoms with E-state index in [9.17, 15) is 19.8 Å². The van der Waals surface area contributed by atoms with Gasteiger partial charge in [0.15, 0.2) is 17.3 Å². The lowest BCUT2D eigenvalue weighted by atomic mass is 9.90. The molecule has 0 spiro atoms. The summed E-state index contributed by atoms with van der Waals surface area (Å²) in [5.74, 6) is -2.37. The smallest absolute Gasteiger partial charge is 0.344 e. The van der Waals surface area contributed by atoms with Crippen molar-refractivity contribution in [3.8, 4) is 34.3 Å². The molecule has 0 saturated carbocycles. The molecule has 7 rings (SSSR count). The number of carbonyl (C=O) groups is 1. The van der Waals surface area contributed by atoms with Crippen molar-refractivity contribution in [3.05, 3.63) is 188 Å². The topological polar surface area (TPSA) is 106 Å². The van der Waals surface area contributed by atoms with Gasteiger partial charge in [0, 0.05) is 34.6 Å². The minimum absolute atomic E-state index is 0.0292. The Morgan fingerprint density at radius 1 is 0.627 bits per heavy atom. The molecule has 0 aliphatic carbocycles. The summed E-state index contributed by atoms with van der Waals surface area (Å²) in [7, 11) is 0. The fraction of sp³-hybridized carbons (Fsp3) is 0.0698. The van der Waals surface area contributed by atoms with Gasteiger partial charge in [-0.15, -0.1) is 0 Å². The van der Waals surface area contributed by atoms with Gasteiger partial charge in [-0.3, -0.25) is 4.79 Å². The molecule has 0 fully saturated rings. The zero-order valence-corrected chi connectivity index (χ0v) is 28.0. The molecule has 1 heterocycles. The normalized spacial score (nSPS) is 11.0. The van der Waals surface area contributed by atoms with Crippen LogP contribution >= 0.6 is 11.6 Å². The Kier molecular flexibility index (Phi) is 9.55. The molecule has 7 nitrogen and oxygen atoms in total. The maximum Gasteiger partial charge on any atom is 0.344 e. The predicted octanol–water partition coefficient (Wildman–Crippen LogP) is 9.50. The molecule has 0 unspecified atom stereocenters. The molecular weight excluding hydrogens is 664 g/mol. The zero-order chi connectivity index (χ0) is 35.3. The number of esters is 1. The average Bonchev–Trinajstić information content (AvgIpc) is 3.16. The van der Waals surface area contributed by atoms with Gasteiger partial charge in [0.2, 0.25) is 16.9 Å². The van der Waals surface area contributed by atoms with Crippen molar-refractivity contribution in [2.75, 3.05) is 0 Å². The standard InChI is InChI=1S/C43H31ClO7/c44-31-22-20-30(21-23-31)40-42(38(46)32-18-10-11-19-35(32)50-40)51-43(48)36-33(24-27-12-4-1-5-13-27)37(45)39(47)41(49-26-29-16-8-3-9-17-29)34(36)25-28-14-6-2-7-15-28/h1-23,45,47H,24-26H2. The number of para-hydroxylation sites is 1. The number of carbonyl (C=O) groups excluding carboxylic acids is 1. The molecular formula is C43H31ClO7. The van der Waals surface area contributed by atoms with Gasteiger partial charge < -0.3 is 24.1 Å². The number of ether oxygens (including phenoxy) is 2. The number of benzene rings is 6. The highest BCUT2D eigenvalue weighted by Crippen LogP contribution is 2.47. The number of halogens is 1. The second-order valence-corrected chi connectivity index (χ2v) is 12.4. The number of phenols is 2. The number of aromatic hydroxyl groups is 2. The molecule has 0 amide bonds. The summed E-state index contributed by atoms with van der Waals surface area (Å²) >= 11 is 6.17. The molecule has 8 heteroatoms. The monoisotopic (exact) mass is 694 g/mol. The molecule has 2 N–H and O–H groups in total. The predicted molar refractivity (Wildman–Crippen MR) is 197 cm³/mol. The van der Waals surface area contributed by atoms with Crippen molar-refractivity contribution in [1.29, 1.82) is 0 Å². The van der Waals surface area contributed by atoms with Gasteiger partial charge in [-0.05, 0) is 53.1 Å². The van der Waals surface area contributed by atoms with E-state index in [0.29, 0.717) is 16.2 Å². The Balaban J connectivity index is 1.44. The summed E-state index contributed by atoms with van der Waals surface area (Å²) in [6.45, 7) is 0.0388. The Labute approximate surface area is 298 Å². The van der Waals surface area contributed by atoms with Crippen LogP contribution in [0, 0.1) is 0 Å². The fourth-order valence-corrected chi connectivity index (χ4v) is 6.16. The highest BCUT2D eigenvalue weighted by molar-refractivity contribution is 6.30. The summed E-state index contributed by atoms with van der Waals surface area (Å²) in [6, 6.07) is 41.2. The summed E-state index contributed by atoms with van der Waals surface area (Å²) in [5, 5.41) is 23.9. The van der Waals surface area contributed by atoms with E-state index >= 15 is 0 Å². The van der Waals surface area contributed by atoms with E-state index in [4.69, 9.17) is 25.5 Å². The van der Waals surface area contributed by atoms with E-state index in [-0.39, 0.29) is 58.8 Å². The Hall–Kier alpha value is -6.31. The molecule has 0 saturated heterocycles. The van der Waals surface area contributed by atoms with Crippen molar-refractivity contribution in [2.45, 2.75) is 19.4 Å². The largest absolute Gasteiger partial charge is 0.504 e. The van der Waals surface area contributed by atoms with Gasteiger partial charge in [0.25, 0.3) is 0 Å². The fourth-order valence-electron chi connectivity index (χ4n) is 6.03. The van der Waals surface area contributed by atoms with Crippen LogP contribution in [0.1, 0.15) is 38.2 Å². The van der Waals surface area contributed by atoms with Crippen LogP contribution in [-0.2, 0) is 19.4 Å². The van der Waals surface area contributed by atoms with Gasteiger partial charge in [-0.1, -0.05) is 115 Å². The van der Waals surface area contributed by atoms with Gasteiger partial charge in [-0.25, -0.2) is 4.79 Å². The van der Waals surface area contributed by atoms with E-state index in [2.05, 4.69) is 0 Å². The first-order valence-corrected chi connectivity index (χ1v) is 16.6. The molecule has 51 heavy (non-hydrogen) atoms. The van der Waals surface area contributed by atoms with Crippen LogP contribution in [0.4, 0.5) is 0 Å². The number of hydrogen-bond acceptors (Lipinski definition) is 7. The first kappa shape index (κ1) is 33.2. The van der Waals surface area contributed by atoms with Gasteiger partial charge in [0.05, 0.1) is 10.9 Å². The molecule has 0 atom stereocenters. The molecule has 252 valence electrons. The highest BCUT2D eigenvalue weighted by atomic mass is 35.5. The molecule has 0 aliphatic rings. The van der Waals surface area contributed by atoms with Crippen LogP contribution in [0.25, 0.3) is 22.3 Å². The average molecular weight is 695 g/mol. The van der Waals surface area contributed by atoms with E-state index in [1.54, 1.807) is 48.5 Å². The number of hydrogen-bond donors (Lipinski definition) is 2. The highest BCUT2D eigenvalue weighted by Gasteiger charge is 2.32. The van der Waals surface area contributed by atoms with E-state index in [1.807, 2.05) is 91.0 Å². The van der Waals surface area contributed by atoms with E-state index < -0.39 is 22.9 Å². The summed E-state index contributed by atoms with van der Waals surface area (Å²) in [6.07, 6.45) is 0.184. The van der Waals surface area contributed by atoms with Crippen LogP contribution in [-0.4, -0.2) is 16.2 Å². The van der Waals surface area contributed by atoms with Crippen molar-refractivity contribution in [2.24, 2.45) is 0 Å². The van der Waals surface area contributed by atoms with Crippen molar-refractivity contribution in [1.82, 2.24) is 0 Å². The molecule has 0 radical (unpaired) electrons. The number of phenolic OH excluding ortho intramolecular Hbond substituents is 2. The summed E-state index contributed by atoms with van der Waals surface area (Å²) in [4.78, 5) is 28.9. The Morgan fingerprint density at radius 3 is 1.80 bits per heavy atom. The lowest BCUT2D eigenvalue weighted by Gasteiger charge is -2.22. The van der Waals surface area contributed by atoms with Crippen LogP contribution in [0.15, 0.2) is 149 Å². The zero-order valence-electron chi connectivity index (χ0n) is 27.2. The number of fused-ring (bicyclic) bond motifs is 1. The lowest BCUT2D eigenvalue weighted by molar-refractivity contribution is 0.0728. The van der Waals surface area contributed by atoms with Crippen molar-refractivity contribution in [3.63, 3.8) is 0 Å². The second-order valence-electron chi connectivity index (χ2n) is 11.9. The maximum absolute atomic E-state index is 14.8. The Bertz CT molecular complexity index is 2390. The van der Waals surface area contributed by atoms with Crippen molar-refractivity contribution < 1.29 is 28.9 Å². The molecule has 7 aromatic rings. The van der Waals surface area contributed by atoms with Crippen LogP contribution in [0.2, 0.25) is 5.02 Å². The van der Waals surface area contributed by atoms with Gasteiger partial charge >= 0.3 is 5.97 Å². The summed E-state index contributed by atoms with van der Waals surface area (Å²) < 4.78 is 18.5.